The standard InChI is InChI=1S/C14H17F3N2O2/c1-10-9-11(18(2)13(20)14(15,16)17)3-4-12(10)19-5-7-21-8-6-19/h3-4,9H,5-8H2,1-2H3. The van der Waals surface area contributed by atoms with Crippen molar-refractivity contribution >= 4 is 17.3 Å². The zero-order valence-corrected chi connectivity index (χ0v) is 11.9. The molecule has 0 N–H and O–H groups in total. The van der Waals surface area contributed by atoms with Gasteiger partial charge in [0.25, 0.3) is 0 Å². The number of alkyl halides is 3. The molecule has 116 valence electrons. The fourth-order valence-electron chi connectivity index (χ4n) is 2.31. The second-order valence-corrected chi connectivity index (χ2v) is 4.93. The maximum Gasteiger partial charge on any atom is 0.471 e. The number of carbonyl (C=O) groups is 1. The SMILES string of the molecule is Cc1cc(N(C)C(=O)C(F)(F)F)ccc1N1CCOCC1. The highest BCUT2D eigenvalue weighted by Crippen LogP contribution is 2.28. The predicted molar refractivity (Wildman–Crippen MR) is 73.7 cm³/mol. The summed E-state index contributed by atoms with van der Waals surface area (Å²) in [5.74, 6) is -1.87. The highest BCUT2D eigenvalue weighted by molar-refractivity contribution is 5.97. The number of morpholine rings is 1. The minimum atomic E-state index is -4.87. The lowest BCUT2D eigenvalue weighted by Gasteiger charge is -2.30. The van der Waals surface area contributed by atoms with Gasteiger partial charge in [0.1, 0.15) is 0 Å². The van der Waals surface area contributed by atoms with Crippen molar-refractivity contribution < 1.29 is 22.7 Å². The van der Waals surface area contributed by atoms with Gasteiger partial charge in [-0.25, -0.2) is 0 Å². The normalized spacial score (nSPS) is 16.0. The number of hydrogen-bond donors (Lipinski definition) is 0. The van der Waals surface area contributed by atoms with E-state index in [4.69, 9.17) is 4.74 Å². The van der Waals surface area contributed by atoms with Gasteiger partial charge in [-0.3, -0.25) is 4.79 Å². The first-order valence-corrected chi connectivity index (χ1v) is 6.59. The van der Waals surface area contributed by atoms with Crippen LogP contribution in [0.5, 0.6) is 0 Å². The van der Waals surface area contributed by atoms with Crippen LogP contribution < -0.4 is 9.80 Å². The van der Waals surface area contributed by atoms with Gasteiger partial charge < -0.3 is 14.5 Å². The van der Waals surface area contributed by atoms with Crippen LogP contribution in [0.25, 0.3) is 0 Å². The molecule has 1 aliphatic heterocycles. The van der Waals surface area contributed by atoms with Crippen molar-refractivity contribution in [1.29, 1.82) is 0 Å². The van der Waals surface area contributed by atoms with Crippen LogP contribution in [0, 0.1) is 6.92 Å². The highest BCUT2D eigenvalue weighted by Gasteiger charge is 2.41. The lowest BCUT2D eigenvalue weighted by Crippen LogP contribution is -2.39. The topological polar surface area (TPSA) is 32.8 Å². The number of halogens is 3. The number of rotatable bonds is 2. The molecule has 2 rings (SSSR count). The summed E-state index contributed by atoms with van der Waals surface area (Å²) in [7, 11) is 1.12. The van der Waals surface area contributed by atoms with Crippen molar-refractivity contribution in [2.45, 2.75) is 13.1 Å². The first-order valence-electron chi connectivity index (χ1n) is 6.59. The van der Waals surface area contributed by atoms with Gasteiger partial charge in [0.05, 0.1) is 13.2 Å². The number of benzene rings is 1. The zero-order valence-electron chi connectivity index (χ0n) is 11.9. The van der Waals surface area contributed by atoms with Gasteiger partial charge in [0.15, 0.2) is 0 Å². The van der Waals surface area contributed by atoms with Gasteiger partial charge in [-0.2, -0.15) is 13.2 Å². The molecule has 1 fully saturated rings. The van der Waals surface area contributed by atoms with E-state index in [9.17, 15) is 18.0 Å². The number of amides is 1. The third-order valence-electron chi connectivity index (χ3n) is 3.47. The van der Waals surface area contributed by atoms with Crippen LogP contribution in [0.2, 0.25) is 0 Å². The molecule has 0 aliphatic carbocycles. The van der Waals surface area contributed by atoms with Gasteiger partial charge in [0.2, 0.25) is 0 Å². The van der Waals surface area contributed by atoms with Crippen LogP contribution in [0.1, 0.15) is 5.56 Å². The Morgan fingerprint density at radius 1 is 1.29 bits per heavy atom. The van der Waals surface area contributed by atoms with E-state index in [1.54, 1.807) is 12.1 Å². The Morgan fingerprint density at radius 3 is 2.43 bits per heavy atom. The van der Waals surface area contributed by atoms with Gasteiger partial charge in [-0.15, -0.1) is 0 Å². The van der Waals surface area contributed by atoms with Crippen LogP contribution in [-0.4, -0.2) is 45.4 Å². The maximum absolute atomic E-state index is 12.4. The third kappa shape index (κ3) is 3.47. The zero-order chi connectivity index (χ0) is 15.6. The van der Waals surface area contributed by atoms with Crippen LogP contribution in [0.3, 0.4) is 0 Å². The van der Waals surface area contributed by atoms with E-state index in [0.29, 0.717) is 18.1 Å². The monoisotopic (exact) mass is 302 g/mol. The van der Waals surface area contributed by atoms with Crippen molar-refractivity contribution in [2.24, 2.45) is 0 Å². The largest absolute Gasteiger partial charge is 0.471 e. The summed E-state index contributed by atoms with van der Waals surface area (Å²) in [6, 6.07) is 4.87. The number of anilines is 2. The second-order valence-electron chi connectivity index (χ2n) is 4.93. The van der Waals surface area contributed by atoms with Crippen LogP contribution in [0.4, 0.5) is 24.5 Å². The summed E-state index contributed by atoms with van der Waals surface area (Å²) in [6.07, 6.45) is -4.87. The number of hydrogen-bond acceptors (Lipinski definition) is 3. The third-order valence-corrected chi connectivity index (χ3v) is 3.47. The Bertz CT molecular complexity index is 525. The van der Waals surface area contributed by atoms with E-state index in [-0.39, 0.29) is 5.69 Å². The van der Waals surface area contributed by atoms with Gasteiger partial charge >= 0.3 is 12.1 Å². The van der Waals surface area contributed by atoms with Crippen LogP contribution in [0.15, 0.2) is 18.2 Å². The first kappa shape index (κ1) is 15.6. The molecule has 1 heterocycles. The van der Waals surface area contributed by atoms with E-state index in [1.807, 2.05) is 6.92 Å². The molecule has 0 bridgehead atoms. The summed E-state index contributed by atoms with van der Waals surface area (Å²) < 4.78 is 42.6. The van der Waals surface area contributed by atoms with E-state index < -0.39 is 12.1 Å². The lowest BCUT2D eigenvalue weighted by atomic mass is 10.1. The van der Waals surface area contributed by atoms with Gasteiger partial charge in [-0.1, -0.05) is 0 Å². The average Bonchev–Trinajstić information content (AvgIpc) is 2.45. The molecule has 1 saturated heterocycles. The molecule has 7 heteroatoms. The summed E-state index contributed by atoms with van der Waals surface area (Å²) in [6.45, 7) is 4.58. The molecule has 4 nitrogen and oxygen atoms in total. The minimum Gasteiger partial charge on any atom is -0.378 e. The van der Waals surface area contributed by atoms with E-state index in [2.05, 4.69) is 4.90 Å². The summed E-state index contributed by atoms with van der Waals surface area (Å²) in [5, 5.41) is 0. The smallest absolute Gasteiger partial charge is 0.378 e. The molecule has 1 aliphatic rings. The minimum absolute atomic E-state index is 0.229. The van der Waals surface area contributed by atoms with Gasteiger partial charge in [0, 0.05) is 31.5 Å². The van der Waals surface area contributed by atoms with Crippen molar-refractivity contribution in [3.8, 4) is 0 Å². The fraction of sp³-hybridized carbons (Fsp3) is 0.500. The van der Waals surface area contributed by atoms with E-state index in [0.717, 1.165) is 31.4 Å². The van der Waals surface area contributed by atoms with E-state index >= 15 is 0 Å². The summed E-state index contributed by atoms with van der Waals surface area (Å²) >= 11 is 0. The molecule has 21 heavy (non-hydrogen) atoms. The van der Waals surface area contributed by atoms with Crippen molar-refractivity contribution in [3.63, 3.8) is 0 Å². The van der Waals surface area contributed by atoms with Crippen LogP contribution in [-0.2, 0) is 9.53 Å². The molecule has 0 spiro atoms. The highest BCUT2D eigenvalue weighted by atomic mass is 19.4. The van der Waals surface area contributed by atoms with Crippen molar-refractivity contribution in [1.82, 2.24) is 0 Å². The maximum atomic E-state index is 12.4. The first-order chi connectivity index (χ1) is 9.80. The van der Waals surface area contributed by atoms with Gasteiger partial charge in [-0.05, 0) is 30.7 Å². The Balaban J connectivity index is 2.20. The molecule has 0 unspecified atom stereocenters. The molecular weight excluding hydrogens is 285 g/mol. The molecule has 0 aromatic heterocycles. The molecule has 0 atom stereocenters. The van der Waals surface area contributed by atoms with Crippen molar-refractivity contribution in [2.75, 3.05) is 43.2 Å². The average molecular weight is 302 g/mol. The number of ether oxygens (including phenoxy) is 1. The number of nitrogens with zero attached hydrogens (tertiary/aromatic N) is 2. The molecule has 1 aromatic carbocycles. The Labute approximate surface area is 121 Å². The molecule has 1 aromatic rings. The summed E-state index contributed by atoms with van der Waals surface area (Å²) in [4.78, 5) is 14.0. The lowest BCUT2D eigenvalue weighted by molar-refractivity contribution is -0.170. The van der Waals surface area contributed by atoms with E-state index in [1.165, 1.54) is 6.07 Å². The molecule has 1 amide bonds. The molecular formula is C14H17F3N2O2. The molecule has 0 radical (unpaired) electrons. The fourth-order valence-corrected chi connectivity index (χ4v) is 2.31. The number of carbonyl (C=O) groups excluding carboxylic acids is 1. The Hall–Kier alpha value is -1.76. The van der Waals surface area contributed by atoms with Crippen molar-refractivity contribution in [3.05, 3.63) is 23.8 Å². The Morgan fingerprint density at radius 2 is 1.90 bits per heavy atom. The van der Waals surface area contributed by atoms with Crippen LogP contribution >= 0.6 is 0 Å². The quantitative estimate of drug-likeness (QED) is 0.841. The Kier molecular flexibility index (Phi) is 4.41. The number of aryl methyl sites for hydroxylation is 1. The summed E-state index contributed by atoms with van der Waals surface area (Å²) in [5.41, 5.74) is 2.01. The second kappa shape index (κ2) is 5.93. The molecule has 0 saturated carbocycles. The predicted octanol–water partition coefficient (Wildman–Crippen LogP) is 2.36.